The molecule has 0 radical (unpaired) electrons. The number of aliphatic hydroxyl groups excluding tert-OH is 1. The zero-order valence-electron chi connectivity index (χ0n) is 10.6. The second-order valence-corrected chi connectivity index (χ2v) is 4.30. The normalized spacial score (nSPS) is 12.1. The molecule has 0 aromatic heterocycles. The monoisotopic (exact) mass is 252 g/mol. The van der Waals surface area contributed by atoms with Gasteiger partial charge in [-0.15, -0.1) is 0 Å². The second-order valence-electron chi connectivity index (χ2n) is 4.30. The molecule has 1 atom stereocenters. The van der Waals surface area contributed by atoms with Gasteiger partial charge in [0.2, 0.25) is 0 Å². The Balaban J connectivity index is 2.42. The zero-order valence-corrected chi connectivity index (χ0v) is 10.6. The topological polar surface area (TPSA) is 66.8 Å². The van der Waals surface area contributed by atoms with Gasteiger partial charge in [-0.05, 0) is 30.5 Å². The number of ether oxygens (including phenoxy) is 1. The van der Waals surface area contributed by atoms with Gasteiger partial charge in [-0.2, -0.15) is 0 Å². The smallest absolute Gasteiger partial charge is 0.305 e. The molecular weight excluding hydrogens is 232 g/mol. The molecule has 0 aliphatic carbocycles. The Labute approximate surface area is 107 Å². The zero-order chi connectivity index (χ0) is 13.4. The third kappa shape index (κ3) is 5.68. The van der Waals surface area contributed by atoms with E-state index >= 15 is 0 Å². The number of benzene rings is 1. The molecule has 0 saturated carbocycles. The minimum absolute atomic E-state index is 0.227. The van der Waals surface area contributed by atoms with Crippen molar-refractivity contribution in [1.82, 2.24) is 0 Å². The summed E-state index contributed by atoms with van der Waals surface area (Å²) < 4.78 is 5.51. The van der Waals surface area contributed by atoms with E-state index in [2.05, 4.69) is 6.92 Å². The molecule has 2 N–H and O–H groups in total. The number of hydrogen-bond donors (Lipinski definition) is 2. The Kier molecular flexibility index (Phi) is 6.22. The molecule has 1 rings (SSSR count). The Bertz CT molecular complexity index is 359. The van der Waals surface area contributed by atoms with Crippen molar-refractivity contribution in [3.05, 3.63) is 29.8 Å². The predicted molar refractivity (Wildman–Crippen MR) is 68.8 cm³/mol. The van der Waals surface area contributed by atoms with Crippen molar-refractivity contribution < 1.29 is 19.7 Å². The minimum atomic E-state index is -0.984. The maximum absolute atomic E-state index is 10.4. The Morgan fingerprint density at radius 2 is 2.00 bits per heavy atom. The van der Waals surface area contributed by atoms with Gasteiger partial charge in [-0.3, -0.25) is 4.79 Å². The highest BCUT2D eigenvalue weighted by Crippen LogP contribution is 2.14. The average Bonchev–Trinajstić information content (AvgIpc) is 2.30. The first-order chi connectivity index (χ1) is 8.61. The van der Waals surface area contributed by atoms with E-state index in [4.69, 9.17) is 9.84 Å². The van der Waals surface area contributed by atoms with E-state index in [1.54, 1.807) is 0 Å². The molecule has 0 heterocycles. The largest absolute Gasteiger partial charge is 0.494 e. The molecule has 0 bridgehead atoms. The van der Waals surface area contributed by atoms with Crippen LogP contribution in [0.1, 0.15) is 31.7 Å². The molecule has 0 saturated heterocycles. The van der Waals surface area contributed by atoms with Crippen molar-refractivity contribution in [3.8, 4) is 5.75 Å². The molecule has 4 heteroatoms. The fourth-order valence-corrected chi connectivity index (χ4v) is 1.60. The van der Waals surface area contributed by atoms with Gasteiger partial charge in [0, 0.05) is 0 Å². The number of aliphatic carboxylic acids is 1. The van der Waals surface area contributed by atoms with E-state index in [-0.39, 0.29) is 6.42 Å². The van der Waals surface area contributed by atoms with Gasteiger partial charge in [-0.1, -0.05) is 25.5 Å². The lowest BCUT2D eigenvalue weighted by Gasteiger charge is -2.09. The summed E-state index contributed by atoms with van der Waals surface area (Å²) in [6.45, 7) is 2.81. The number of unbranched alkanes of at least 4 members (excludes halogenated alkanes) is 1. The quantitative estimate of drug-likeness (QED) is 0.696. The summed E-state index contributed by atoms with van der Waals surface area (Å²) in [5.74, 6) is -0.179. The number of aliphatic hydroxyl groups is 1. The summed E-state index contributed by atoms with van der Waals surface area (Å²) in [6, 6.07) is 7.40. The summed E-state index contributed by atoms with van der Waals surface area (Å²) in [7, 11) is 0. The van der Waals surface area contributed by atoms with Crippen LogP contribution in [-0.2, 0) is 11.2 Å². The first-order valence-electron chi connectivity index (χ1n) is 6.23. The van der Waals surface area contributed by atoms with E-state index in [9.17, 15) is 9.90 Å². The molecule has 0 spiro atoms. The molecule has 1 aromatic carbocycles. The van der Waals surface area contributed by atoms with Gasteiger partial charge in [0.15, 0.2) is 0 Å². The first kappa shape index (κ1) is 14.5. The molecule has 1 aromatic rings. The highest BCUT2D eigenvalue weighted by Gasteiger charge is 2.10. The van der Waals surface area contributed by atoms with Crippen molar-refractivity contribution in [2.45, 2.75) is 38.7 Å². The Hall–Kier alpha value is -1.55. The lowest BCUT2D eigenvalue weighted by molar-refractivity contribution is -0.139. The molecule has 18 heavy (non-hydrogen) atoms. The molecule has 0 aliphatic rings. The highest BCUT2D eigenvalue weighted by molar-refractivity contribution is 5.67. The van der Waals surface area contributed by atoms with E-state index in [1.165, 1.54) is 0 Å². The maximum atomic E-state index is 10.4. The van der Waals surface area contributed by atoms with Crippen molar-refractivity contribution in [2.24, 2.45) is 0 Å². The van der Waals surface area contributed by atoms with E-state index in [0.717, 1.165) is 24.2 Å². The Morgan fingerprint density at radius 3 is 2.56 bits per heavy atom. The van der Waals surface area contributed by atoms with E-state index < -0.39 is 12.1 Å². The van der Waals surface area contributed by atoms with Crippen LogP contribution in [0.25, 0.3) is 0 Å². The van der Waals surface area contributed by atoms with Crippen LogP contribution in [0.15, 0.2) is 24.3 Å². The van der Waals surface area contributed by atoms with E-state index in [1.807, 2.05) is 24.3 Å². The maximum Gasteiger partial charge on any atom is 0.305 e. The third-order valence-electron chi connectivity index (χ3n) is 2.57. The van der Waals surface area contributed by atoms with Gasteiger partial charge in [0.25, 0.3) is 0 Å². The first-order valence-corrected chi connectivity index (χ1v) is 6.23. The molecule has 4 nitrogen and oxygen atoms in total. The van der Waals surface area contributed by atoms with Crippen LogP contribution in [0.2, 0.25) is 0 Å². The fourth-order valence-electron chi connectivity index (χ4n) is 1.60. The number of carboxylic acids is 1. The molecule has 0 aliphatic heterocycles. The van der Waals surface area contributed by atoms with Gasteiger partial charge in [-0.25, -0.2) is 0 Å². The van der Waals surface area contributed by atoms with Crippen LogP contribution in [0.5, 0.6) is 5.75 Å². The van der Waals surface area contributed by atoms with Gasteiger partial charge >= 0.3 is 5.97 Å². The standard InChI is InChI=1S/C14H20O4/c1-2-3-8-18-13-6-4-11(5-7-13)9-12(15)10-14(16)17/h4-7,12,15H,2-3,8-10H2,1H3,(H,16,17)/t12-/m0/s1. The van der Waals surface area contributed by atoms with Crippen LogP contribution < -0.4 is 4.74 Å². The Morgan fingerprint density at radius 1 is 1.33 bits per heavy atom. The highest BCUT2D eigenvalue weighted by atomic mass is 16.5. The summed E-state index contributed by atoms with van der Waals surface area (Å²) in [4.78, 5) is 10.4. The van der Waals surface area contributed by atoms with Gasteiger partial charge in [0.1, 0.15) is 5.75 Å². The molecule has 0 fully saturated rings. The average molecular weight is 252 g/mol. The second kappa shape index (κ2) is 7.71. The number of carbonyl (C=O) groups is 1. The number of carboxylic acid groups (broad SMARTS) is 1. The summed E-state index contributed by atoms with van der Waals surface area (Å²) in [5.41, 5.74) is 0.909. The molecule has 100 valence electrons. The third-order valence-corrected chi connectivity index (χ3v) is 2.57. The summed E-state index contributed by atoms with van der Waals surface area (Å²) in [5, 5.41) is 18.1. The lowest BCUT2D eigenvalue weighted by atomic mass is 10.1. The minimum Gasteiger partial charge on any atom is -0.494 e. The number of hydrogen-bond acceptors (Lipinski definition) is 3. The van der Waals surface area contributed by atoms with Gasteiger partial charge in [0.05, 0.1) is 19.1 Å². The van der Waals surface area contributed by atoms with Crippen LogP contribution >= 0.6 is 0 Å². The molecule has 0 amide bonds. The fraction of sp³-hybridized carbons (Fsp3) is 0.500. The lowest BCUT2D eigenvalue weighted by Crippen LogP contribution is -2.15. The van der Waals surface area contributed by atoms with Crippen LogP contribution in [0.4, 0.5) is 0 Å². The van der Waals surface area contributed by atoms with Crippen molar-refractivity contribution in [2.75, 3.05) is 6.61 Å². The van der Waals surface area contributed by atoms with Crippen molar-refractivity contribution in [1.29, 1.82) is 0 Å². The van der Waals surface area contributed by atoms with Gasteiger partial charge < -0.3 is 14.9 Å². The van der Waals surface area contributed by atoms with Crippen molar-refractivity contribution >= 4 is 5.97 Å². The van der Waals surface area contributed by atoms with Crippen LogP contribution in [0, 0.1) is 0 Å². The van der Waals surface area contributed by atoms with Crippen molar-refractivity contribution in [3.63, 3.8) is 0 Å². The van der Waals surface area contributed by atoms with E-state index in [0.29, 0.717) is 13.0 Å². The van der Waals surface area contributed by atoms with Crippen LogP contribution in [-0.4, -0.2) is 28.9 Å². The predicted octanol–water partition coefficient (Wildman–Crippen LogP) is 2.24. The molecule has 0 unspecified atom stereocenters. The number of rotatable bonds is 8. The summed E-state index contributed by atoms with van der Waals surface area (Å²) in [6.07, 6.45) is 1.41. The summed E-state index contributed by atoms with van der Waals surface area (Å²) >= 11 is 0. The SMILES string of the molecule is CCCCOc1ccc(C[C@H](O)CC(=O)O)cc1. The molecular formula is C14H20O4. The van der Waals surface area contributed by atoms with Crippen LogP contribution in [0.3, 0.4) is 0 Å².